The second-order valence-electron chi connectivity index (χ2n) is 6.13. The van der Waals surface area contributed by atoms with Gasteiger partial charge in [-0.05, 0) is 61.1 Å². The molecule has 2 nitrogen and oxygen atoms in total. The molecule has 2 bridgehead atoms. The van der Waals surface area contributed by atoms with Crippen LogP contribution < -0.4 is 5.32 Å². The van der Waals surface area contributed by atoms with Crippen molar-refractivity contribution in [3.05, 3.63) is 29.0 Å². The van der Waals surface area contributed by atoms with E-state index in [1.165, 1.54) is 31.4 Å². The fourth-order valence-electron chi connectivity index (χ4n) is 4.48. The van der Waals surface area contributed by atoms with Crippen molar-refractivity contribution in [2.24, 2.45) is 29.6 Å². The Morgan fingerprint density at radius 1 is 1.26 bits per heavy atom. The summed E-state index contributed by atoms with van der Waals surface area (Å²) in [5.41, 5.74) is 0.504. The highest BCUT2D eigenvalue weighted by Gasteiger charge is 2.67. The molecule has 0 saturated heterocycles. The van der Waals surface area contributed by atoms with E-state index in [2.05, 4.69) is 5.32 Å². The highest BCUT2D eigenvalue weighted by atomic mass is 35.5. The molecule has 0 heterocycles. The molecule has 3 fully saturated rings. The van der Waals surface area contributed by atoms with Gasteiger partial charge in [0.2, 0.25) is 5.91 Å². The zero-order chi connectivity index (χ0) is 13.1. The highest BCUT2D eigenvalue weighted by molar-refractivity contribution is 6.30. The number of hydrogen-bond acceptors (Lipinski definition) is 1. The van der Waals surface area contributed by atoms with E-state index in [-0.39, 0.29) is 16.8 Å². The molecule has 1 aromatic carbocycles. The van der Waals surface area contributed by atoms with Crippen molar-refractivity contribution >= 4 is 23.2 Å². The fourth-order valence-corrected chi connectivity index (χ4v) is 4.59. The van der Waals surface area contributed by atoms with E-state index in [0.29, 0.717) is 17.5 Å². The first-order valence-electron chi connectivity index (χ1n) is 6.91. The van der Waals surface area contributed by atoms with Crippen molar-refractivity contribution in [2.45, 2.75) is 19.3 Å². The van der Waals surface area contributed by atoms with Crippen LogP contribution >= 0.6 is 11.6 Å². The summed E-state index contributed by atoms with van der Waals surface area (Å²) >= 11 is 5.63. The Bertz CT molecular complexity index is 545. The largest absolute Gasteiger partial charge is 0.326 e. The van der Waals surface area contributed by atoms with Gasteiger partial charge in [-0.2, -0.15) is 0 Å². The number of carbonyl (C=O) groups is 1. The molecule has 19 heavy (non-hydrogen) atoms. The van der Waals surface area contributed by atoms with E-state index in [0.717, 1.165) is 11.8 Å². The third kappa shape index (κ3) is 1.71. The molecular weight excluding hydrogens is 265 g/mol. The van der Waals surface area contributed by atoms with Crippen LogP contribution in [0.4, 0.5) is 10.1 Å². The molecule has 0 unspecified atom stereocenters. The Morgan fingerprint density at radius 2 is 1.95 bits per heavy atom. The number of nitrogens with one attached hydrogen (secondary N) is 1. The van der Waals surface area contributed by atoms with Gasteiger partial charge in [-0.25, -0.2) is 4.39 Å². The zero-order valence-electron chi connectivity index (χ0n) is 10.4. The van der Waals surface area contributed by atoms with Crippen molar-refractivity contribution in [3.8, 4) is 0 Å². The molecule has 4 rings (SSSR count). The fraction of sp³-hybridized carbons (Fsp3) is 0.533. The third-order valence-electron chi connectivity index (χ3n) is 5.23. The van der Waals surface area contributed by atoms with Crippen LogP contribution in [-0.4, -0.2) is 5.91 Å². The Balaban J connectivity index is 1.47. The van der Waals surface area contributed by atoms with Crippen LogP contribution in [0.5, 0.6) is 0 Å². The summed E-state index contributed by atoms with van der Waals surface area (Å²) < 4.78 is 13.3. The lowest BCUT2D eigenvalue weighted by Gasteiger charge is -2.10. The number of anilines is 1. The SMILES string of the molecule is O=C(Nc1ccc(Cl)c(F)c1)C1[C@@H]2[C@H]3CC[C@@H](C3)[C@@H]12. The second-order valence-corrected chi connectivity index (χ2v) is 6.54. The zero-order valence-corrected chi connectivity index (χ0v) is 11.2. The summed E-state index contributed by atoms with van der Waals surface area (Å²) in [5.74, 6) is 2.50. The van der Waals surface area contributed by atoms with Crippen LogP contribution in [0.3, 0.4) is 0 Å². The van der Waals surface area contributed by atoms with Gasteiger partial charge in [0.15, 0.2) is 0 Å². The lowest BCUT2D eigenvalue weighted by Crippen LogP contribution is -2.18. The van der Waals surface area contributed by atoms with E-state index >= 15 is 0 Å². The van der Waals surface area contributed by atoms with Gasteiger partial charge < -0.3 is 5.32 Å². The van der Waals surface area contributed by atoms with Crippen molar-refractivity contribution in [1.82, 2.24) is 0 Å². The molecule has 3 aliphatic rings. The molecule has 100 valence electrons. The molecule has 4 atom stereocenters. The molecule has 0 aromatic heterocycles. The van der Waals surface area contributed by atoms with Gasteiger partial charge in [0.1, 0.15) is 5.82 Å². The summed E-state index contributed by atoms with van der Waals surface area (Å²) in [6.07, 6.45) is 3.92. The highest BCUT2D eigenvalue weighted by Crippen LogP contribution is 2.69. The minimum Gasteiger partial charge on any atom is -0.326 e. The molecule has 4 heteroatoms. The molecule has 3 saturated carbocycles. The van der Waals surface area contributed by atoms with E-state index in [1.807, 2.05) is 0 Å². The van der Waals surface area contributed by atoms with E-state index < -0.39 is 5.82 Å². The van der Waals surface area contributed by atoms with Crippen molar-refractivity contribution in [3.63, 3.8) is 0 Å². The predicted molar refractivity (Wildman–Crippen MR) is 71.3 cm³/mol. The first-order valence-corrected chi connectivity index (χ1v) is 7.29. The first kappa shape index (κ1) is 11.7. The molecule has 1 N–H and O–H groups in total. The second kappa shape index (κ2) is 3.95. The number of hydrogen-bond donors (Lipinski definition) is 1. The summed E-state index contributed by atoms with van der Waals surface area (Å²) in [4.78, 5) is 12.2. The Labute approximate surface area is 116 Å². The number of carbonyl (C=O) groups excluding carboxylic acids is 1. The first-order chi connectivity index (χ1) is 9.15. The van der Waals surface area contributed by atoms with Gasteiger partial charge in [0.25, 0.3) is 0 Å². The van der Waals surface area contributed by atoms with Crippen LogP contribution in [0, 0.1) is 35.4 Å². The molecule has 1 aromatic rings. The lowest BCUT2D eigenvalue weighted by molar-refractivity contribution is -0.118. The molecule has 0 spiro atoms. The standard InChI is InChI=1S/C15H15ClFNO/c16-10-4-3-9(6-11(10)17)18-15(19)14-12-7-1-2-8(5-7)13(12)14/h3-4,6-8,12-14H,1-2,5H2,(H,18,19)/t7-,8-,12+,13+/m0/s1. The topological polar surface area (TPSA) is 29.1 Å². The number of fused-ring (bicyclic) bond motifs is 5. The predicted octanol–water partition coefficient (Wildman–Crippen LogP) is 3.71. The monoisotopic (exact) mass is 279 g/mol. The van der Waals surface area contributed by atoms with Crippen LogP contribution in [0.1, 0.15) is 19.3 Å². The maximum atomic E-state index is 13.3. The number of amides is 1. The van der Waals surface area contributed by atoms with E-state index in [1.54, 1.807) is 6.07 Å². The van der Waals surface area contributed by atoms with Crippen molar-refractivity contribution < 1.29 is 9.18 Å². The summed E-state index contributed by atoms with van der Waals surface area (Å²) in [5, 5.41) is 2.91. The van der Waals surface area contributed by atoms with Gasteiger partial charge >= 0.3 is 0 Å². The molecule has 3 aliphatic carbocycles. The van der Waals surface area contributed by atoms with Gasteiger partial charge in [-0.15, -0.1) is 0 Å². The average molecular weight is 280 g/mol. The third-order valence-corrected chi connectivity index (χ3v) is 5.53. The summed E-state index contributed by atoms with van der Waals surface area (Å²) in [7, 11) is 0. The van der Waals surface area contributed by atoms with Gasteiger partial charge in [0.05, 0.1) is 5.02 Å². The van der Waals surface area contributed by atoms with Gasteiger partial charge in [-0.3, -0.25) is 4.79 Å². The van der Waals surface area contributed by atoms with Gasteiger partial charge in [-0.1, -0.05) is 11.6 Å². The Morgan fingerprint density at radius 3 is 2.58 bits per heavy atom. The Hall–Kier alpha value is -1.09. The van der Waals surface area contributed by atoms with Crippen LogP contribution in [-0.2, 0) is 4.79 Å². The molecular formula is C15H15ClFNO. The van der Waals surface area contributed by atoms with Crippen LogP contribution in [0.15, 0.2) is 18.2 Å². The maximum Gasteiger partial charge on any atom is 0.228 e. The molecule has 0 aliphatic heterocycles. The van der Waals surface area contributed by atoms with Crippen LogP contribution in [0.25, 0.3) is 0 Å². The maximum absolute atomic E-state index is 13.3. The molecule has 1 amide bonds. The smallest absolute Gasteiger partial charge is 0.228 e. The van der Waals surface area contributed by atoms with Crippen molar-refractivity contribution in [2.75, 3.05) is 5.32 Å². The molecule has 0 radical (unpaired) electrons. The van der Waals surface area contributed by atoms with E-state index in [9.17, 15) is 9.18 Å². The summed E-state index contributed by atoms with van der Waals surface area (Å²) in [6.45, 7) is 0. The number of rotatable bonds is 2. The summed E-state index contributed by atoms with van der Waals surface area (Å²) in [6, 6.07) is 4.41. The van der Waals surface area contributed by atoms with E-state index in [4.69, 9.17) is 11.6 Å². The van der Waals surface area contributed by atoms with Crippen LogP contribution in [0.2, 0.25) is 5.02 Å². The minimum absolute atomic E-state index is 0.0633. The average Bonchev–Trinajstić information content (AvgIpc) is 2.83. The van der Waals surface area contributed by atoms with Gasteiger partial charge in [0, 0.05) is 11.6 Å². The Kier molecular flexibility index (Phi) is 2.44. The number of benzene rings is 1. The minimum atomic E-state index is -0.490. The normalized spacial score (nSPS) is 38.1. The number of halogens is 2. The van der Waals surface area contributed by atoms with Crippen molar-refractivity contribution in [1.29, 1.82) is 0 Å². The lowest BCUT2D eigenvalue weighted by atomic mass is 10.0. The quantitative estimate of drug-likeness (QED) is 0.878.